The second-order valence-corrected chi connectivity index (χ2v) is 7.54. The fraction of sp³-hybridized carbons (Fsp3) is 0.500. The van der Waals surface area contributed by atoms with Crippen molar-refractivity contribution in [3.8, 4) is 0 Å². The van der Waals surface area contributed by atoms with Gasteiger partial charge < -0.3 is 10.5 Å². The van der Waals surface area contributed by atoms with Crippen molar-refractivity contribution in [1.82, 2.24) is 4.72 Å². The number of esters is 1. The molecule has 21 heavy (non-hydrogen) atoms. The molecule has 118 valence electrons. The van der Waals surface area contributed by atoms with Gasteiger partial charge >= 0.3 is 5.97 Å². The number of methoxy groups -OCH3 is 1. The molecule has 0 bridgehead atoms. The van der Waals surface area contributed by atoms with Crippen LogP contribution in [0.1, 0.15) is 32.4 Å². The zero-order chi connectivity index (χ0) is 16.2. The van der Waals surface area contributed by atoms with Gasteiger partial charge in [-0.1, -0.05) is 18.2 Å². The number of carbonyl (C=O) groups is 1. The summed E-state index contributed by atoms with van der Waals surface area (Å²) in [5, 5.41) is 0. The minimum Gasteiger partial charge on any atom is -0.468 e. The van der Waals surface area contributed by atoms with Gasteiger partial charge in [0.25, 0.3) is 0 Å². The molecule has 1 aromatic rings. The van der Waals surface area contributed by atoms with E-state index < -0.39 is 39.6 Å². The predicted molar refractivity (Wildman–Crippen MR) is 80.2 cm³/mol. The molecule has 3 atom stereocenters. The van der Waals surface area contributed by atoms with Gasteiger partial charge in [0, 0.05) is 5.56 Å². The molecule has 0 saturated carbocycles. The van der Waals surface area contributed by atoms with E-state index in [0.29, 0.717) is 0 Å². The minimum atomic E-state index is -1.52. The Labute approximate surface area is 126 Å². The highest BCUT2D eigenvalue weighted by Crippen LogP contribution is 2.22. The van der Waals surface area contributed by atoms with Gasteiger partial charge in [-0.15, -0.1) is 0 Å². The standard InChI is InChI=1S/C14H21FN2O3S/c1-14(2,3)21(19)17-12(11(16)13(18)20-4)9-7-5-6-8-10(9)15/h5-8,11-12,17H,16H2,1-4H3/t11-,12-,21-/m1/s1. The van der Waals surface area contributed by atoms with Crippen molar-refractivity contribution >= 4 is 17.0 Å². The van der Waals surface area contributed by atoms with Crippen LogP contribution in [0.15, 0.2) is 24.3 Å². The van der Waals surface area contributed by atoms with Crippen LogP contribution in [0.2, 0.25) is 0 Å². The van der Waals surface area contributed by atoms with Crippen LogP contribution in [0.25, 0.3) is 0 Å². The quantitative estimate of drug-likeness (QED) is 0.805. The zero-order valence-corrected chi connectivity index (χ0v) is 13.4. The maximum atomic E-state index is 14.0. The van der Waals surface area contributed by atoms with E-state index in [2.05, 4.69) is 9.46 Å². The summed E-state index contributed by atoms with van der Waals surface area (Å²) in [6.45, 7) is 5.29. The first-order valence-electron chi connectivity index (χ1n) is 6.44. The van der Waals surface area contributed by atoms with Gasteiger partial charge in [0.1, 0.15) is 11.9 Å². The minimum absolute atomic E-state index is 0.174. The lowest BCUT2D eigenvalue weighted by Gasteiger charge is -2.27. The van der Waals surface area contributed by atoms with E-state index in [1.54, 1.807) is 26.8 Å². The first-order chi connectivity index (χ1) is 9.68. The Morgan fingerprint density at radius 2 is 1.95 bits per heavy atom. The van der Waals surface area contributed by atoms with Crippen molar-refractivity contribution in [3.63, 3.8) is 0 Å². The van der Waals surface area contributed by atoms with Gasteiger partial charge in [0.05, 0.1) is 28.9 Å². The molecular weight excluding hydrogens is 295 g/mol. The van der Waals surface area contributed by atoms with Gasteiger partial charge in [0.15, 0.2) is 0 Å². The second kappa shape index (κ2) is 7.11. The first-order valence-corrected chi connectivity index (χ1v) is 7.59. The molecule has 0 aliphatic carbocycles. The molecule has 1 aromatic carbocycles. The maximum absolute atomic E-state index is 14.0. The van der Waals surface area contributed by atoms with Gasteiger partial charge in [0.2, 0.25) is 0 Å². The SMILES string of the molecule is COC(=O)[C@H](N)[C@H](N[S@](=O)C(C)(C)C)c1ccccc1F. The average Bonchev–Trinajstić information content (AvgIpc) is 2.42. The van der Waals surface area contributed by atoms with Gasteiger partial charge in [-0.05, 0) is 26.8 Å². The Kier molecular flexibility index (Phi) is 6.00. The van der Waals surface area contributed by atoms with E-state index in [4.69, 9.17) is 5.73 Å². The van der Waals surface area contributed by atoms with Crippen LogP contribution in [0.3, 0.4) is 0 Å². The molecule has 3 N–H and O–H groups in total. The van der Waals surface area contributed by atoms with Crippen LogP contribution in [-0.4, -0.2) is 28.1 Å². The largest absolute Gasteiger partial charge is 0.468 e. The Morgan fingerprint density at radius 3 is 2.43 bits per heavy atom. The third-order valence-corrected chi connectivity index (χ3v) is 4.44. The molecule has 0 saturated heterocycles. The van der Waals surface area contributed by atoms with Crippen molar-refractivity contribution in [2.24, 2.45) is 5.73 Å². The molecule has 0 amide bonds. The molecule has 0 aliphatic rings. The summed E-state index contributed by atoms with van der Waals surface area (Å²) in [7, 11) is -0.324. The average molecular weight is 316 g/mol. The summed E-state index contributed by atoms with van der Waals surface area (Å²) in [5.74, 6) is -1.23. The highest BCUT2D eigenvalue weighted by atomic mass is 32.2. The second-order valence-electron chi connectivity index (χ2n) is 5.55. The van der Waals surface area contributed by atoms with E-state index in [-0.39, 0.29) is 5.56 Å². The van der Waals surface area contributed by atoms with Crippen molar-refractivity contribution in [1.29, 1.82) is 0 Å². The Balaban J connectivity index is 3.15. The summed E-state index contributed by atoms with van der Waals surface area (Å²) >= 11 is 0. The first kappa shape index (κ1) is 17.7. The number of benzene rings is 1. The van der Waals surface area contributed by atoms with Crippen LogP contribution >= 0.6 is 0 Å². The Morgan fingerprint density at radius 1 is 1.38 bits per heavy atom. The van der Waals surface area contributed by atoms with E-state index in [1.807, 2.05) is 0 Å². The van der Waals surface area contributed by atoms with E-state index in [9.17, 15) is 13.4 Å². The third kappa shape index (κ3) is 4.59. The van der Waals surface area contributed by atoms with E-state index in [0.717, 1.165) is 0 Å². The number of nitrogens with one attached hydrogen (secondary N) is 1. The molecule has 0 aliphatic heterocycles. The Bertz CT molecular complexity index is 531. The molecular formula is C14H21FN2O3S. The molecule has 0 heterocycles. The lowest BCUT2D eigenvalue weighted by Crippen LogP contribution is -2.47. The molecule has 5 nitrogen and oxygen atoms in total. The van der Waals surface area contributed by atoms with Crippen molar-refractivity contribution in [2.45, 2.75) is 37.6 Å². The molecule has 0 fully saturated rings. The summed E-state index contributed by atoms with van der Waals surface area (Å²) in [4.78, 5) is 11.7. The summed E-state index contributed by atoms with van der Waals surface area (Å²) in [6.07, 6.45) is 0. The summed E-state index contributed by atoms with van der Waals surface area (Å²) in [5.41, 5.74) is 6.00. The predicted octanol–water partition coefficient (Wildman–Crippen LogP) is 1.42. The number of ether oxygens (including phenoxy) is 1. The molecule has 0 aromatic heterocycles. The summed E-state index contributed by atoms with van der Waals surface area (Å²) in [6, 6.07) is 3.79. The van der Waals surface area contributed by atoms with Crippen molar-refractivity contribution in [2.75, 3.05) is 7.11 Å². The lowest BCUT2D eigenvalue weighted by molar-refractivity contribution is -0.142. The van der Waals surface area contributed by atoms with Crippen molar-refractivity contribution < 1.29 is 18.1 Å². The summed E-state index contributed by atoms with van der Waals surface area (Å²) < 4.78 is 33.0. The fourth-order valence-electron chi connectivity index (χ4n) is 1.62. The van der Waals surface area contributed by atoms with Crippen LogP contribution in [0, 0.1) is 5.82 Å². The number of halogens is 1. The highest BCUT2D eigenvalue weighted by Gasteiger charge is 2.32. The number of hydrogen-bond acceptors (Lipinski definition) is 4. The topological polar surface area (TPSA) is 81.4 Å². The molecule has 0 radical (unpaired) electrons. The number of rotatable bonds is 5. The Hall–Kier alpha value is -1.31. The van der Waals surface area contributed by atoms with E-state index >= 15 is 0 Å². The molecule has 0 spiro atoms. The smallest absolute Gasteiger partial charge is 0.324 e. The number of nitrogens with two attached hydrogens (primary N) is 1. The van der Waals surface area contributed by atoms with Crippen LogP contribution < -0.4 is 10.5 Å². The fourth-order valence-corrected chi connectivity index (χ4v) is 2.48. The van der Waals surface area contributed by atoms with E-state index in [1.165, 1.54) is 25.3 Å². The lowest BCUT2D eigenvalue weighted by atomic mass is 10.0. The third-order valence-electron chi connectivity index (χ3n) is 2.86. The monoisotopic (exact) mass is 316 g/mol. The van der Waals surface area contributed by atoms with Gasteiger partial charge in [-0.2, -0.15) is 0 Å². The maximum Gasteiger partial charge on any atom is 0.324 e. The number of hydrogen-bond donors (Lipinski definition) is 2. The highest BCUT2D eigenvalue weighted by molar-refractivity contribution is 7.84. The van der Waals surface area contributed by atoms with Crippen LogP contribution in [0.5, 0.6) is 0 Å². The number of carbonyl (C=O) groups excluding carboxylic acids is 1. The molecule has 1 rings (SSSR count). The van der Waals surface area contributed by atoms with Gasteiger partial charge in [-0.25, -0.2) is 13.3 Å². The normalized spacial score (nSPS) is 16.1. The van der Waals surface area contributed by atoms with Crippen LogP contribution in [0.4, 0.5) is 4.39 Å². The molecule has 0 unspecified atom stereocenters. The van der Waals surface area contributed by atoms with Gasteiger partial charge in [-0.3, -0.25) is 4.79 Å². The van der Waals surface area contributed by atoms with Crippen molar-refractivity contribution in [3.05, 3.63) is 35.6 Å². The molecule has 7 heteroatoms. The van der Waals surface area contributed by atoms with Crippen LogP contribution in [-0.2, 0) is 20.5 Å². The zero-order valence-electron chi connectivity index (χ0n) is 12.6.